The maximum Gasteiger partial charge on any atom is 0.174 e. The van der Waals surface area contributed by atoms with Crippen LogP contribution >= 0.6 is 24.2 Å². The van der Waals surface area contributed by atoms with Crippen molar-refractivity contribution in [3.05, 3.63) is 53.2 Å². The molecule has 1 aromatic heterocycles. The third-order valence-electron chi connectivity index (χ3n) is 5.67. The molecule has 8 heteroatoms. The molecule has 0 bridgehead atoms. The first-order valence-corrected chi connectivity index (χ1v) is 11.8. The maximum absolute atomic E-state index is 12.7. The first-order valence-electron chi connectivity index (χ1n) is 10.4. The number of benzene rings is 2. The Hall–Kier alpha value is -2.48. The average molecular weight is 491 g/mol. The zero-order valence-corrected chi connectivity index (χ0v) is 21.3. The lowest BCUT2D eigenvalue weighted by Gasteiger charge is -2.14. The van der Waals surface area contributed by atoms with Crippen molar-refractivity contribution in [1.29, 1.82) is 0 Å². The molecule has 33 heavy (non-hydrogen) atoms. The van der Waals surface area contributed by atoms with Gasteiger partial charge in [-0.05, 0) is 73.2 Å². The van der Waals surface area contributed by atoms with Gasteiger partial charge in [0.05, 0.1) is 26.5 Å². The van der Waals surface area contributed by atoms with Gasteiger partial charge in [-0.15, -0.1) is 12.4 Å². The molecule has 1 unspecified atom stereocenters. The lowest BCUT2D eigenvalue weighted by Crippen LogP contribution is -2.32. The van der Waals surface area contributed by atoms with E-state index in [-0.39, 0.29) is 24.6 Å². The standard InChI is InChI=1S/C25H30N2O4S.ClH/c1-15-10-19(13-24(30-4)16(15)2)25-20(14-27-31-25)17-6-7-23(29-3)18(11-17)12-22(28)21(26)8-9-32-5;/h6-7,10-11,13-14,21H,8-9,12,26H2,1-5H3;1H. The molecule has 0 saturated carbocycles. The Labute approximate surface area is 205 Å². The summed E-state index contributed by atoms with van der Waals surface area (Å²) in [6.07, 6.45) is 4.57. The molecule has 0 aliphatic rings. The van der Waals surface area contributed by atoms with E-state index in [1.165, 1.54) is 0 Å². The van der Waals surface area contributed by atoms with Gasteiger partial charge in [-0.2, -0.15) is 11.8 Å². The van der Waals surface area contributed by atoms with Crippen molar-refractivity contribution in [2.24, 2.45) is 5.73 Å². The van der Waals surface area contributed by atoms with Crippen LogP contribution in [0.2, 0.25) is 0 Å². The van der Waals surface area contributed by atoms with Gasteiger partial charge in [-0.1, -0.05) is 11.2 Å². The fourth-order valence-electron chi connectivity index (χ4n) is 3.63. The highest BCUT2D eigenvalue weighted by Gasteiger charge is 2.20. The summed E-state index contributed by atoms with van der Waals surface area (Å²) in [5.41, 5.74) is 11.7. The van der Waals surface area contributed by atoms with Crippen LogP contribution in [0.15, 0.2) is 41.1 Å². The molecular weight excluding hydrogens is 460 g/mol. The second-order valence-corrected chi connectivity index (χ2v) is 8.73. The molecule has 6 nitrogen and oxygen atoms in total. The largest absolute Gasteiger partial charge is 0.496 e. The minimum atomic E-state index is -0.482. The summed E-state index contributed by atoms with van der Waals surface area (Å²) >= 11 is 1.68. The number of ketones is 1. The highest BCUT2D eigenvalue weighted by atomic mass is 35.5. The number of rotatable bonds is 10. The normalized spacial score (nSPS) is 11.6. The van der Waals surface area contributed by atoms with Gasteiger partial charge in [-0.25, -0.2) is 0 Å². The van der Waals surface area contributed by atoms with Gasteiger partial charge >= 0.3 is 0 Å². The van der Waals surface area contributed by atoms with Crippen molar-refractivity contribution in [1.82, 2.24) is 5.16 Å². The van der Waals surface area contributed by atoms with Crippen LogP contribution in [0.4, 0.5) is 0 Å². The van der Waals surface area contributed by atoms with E-state index in [9.17, 15) is 4.79 Å². The fraction of sp³-hybridized carbons (Fsp3) is 0.360. The summed E-state index contributed by atoms with van der Waals surface area (Å²) in [7, 11) is 3.26. The number of carbonyl (C=O) groups is 1. The third-order valence-corrected chi connectivity index (χ3v) is 6.32. The van der Waals surface area contributed by atoms with Crippen LogP contribution in [0.3, 0.4) is 0 Å². The number of ether oxygens (including phenoxy) is 2. The number of aryl methyl sites for hydroxylation is 1. The number of hydrogen-bond donors (Lipinski definition) is 1. The van der Waals surface area contributed by atoms with Gasteiger partial charge in [0, 0.05) is 23.1 Å². The maximum atomic E-state index is 12.7. The quantitative estimate of drug-likeness (QED) is 0.415. The molecule has 0 saturated heterocycles. The average Bonchev–Trinajstić information content (AvgIpc) is 3.29. The first kappa shape index (κ1) is 26.8. The minimum Gasteiger partial charge on any atom is -0.496 e. The Bertz CT molecular complexity index is 1100. The topological polar surface area (TPSA) is 87.6 Å². The van der Waals surface area contributed by atoms with Crippen LogP contribution in [0, 0.1) is 13.8 Å². The van der Waals surface area contributed by atoms with Gasteiger partial charge in [0.2, 0.25) is 0 Å². The van der Waals surface area contributed by atoms with E-state index in [2.05, 4.69) is 11.2 Å². The number of nitrogens with two attached hydrogens (primary N) is 1. The van der Waals surface area contributed by atoms with Crippen LogP contribution in [0.25, 0.3) is 22.5 Å². The van der Waals surface area contributed by atoms with Crippen molar-refractivity contribution in [3.63, 3.8) is 0 Å². The van der Waals surface area contributed by atoms with Crippen LogP contribution in [-0.2, 0) is 11.2 Å². The molecule has 0 aliphatic carbocycles. The van der Waals surface area contributed by atoms with Gasteiger partial charge in [-0.3, -0.25) is 4.79 Å². The number of thioether (sulfide) groups is 1. The molecule has 1 heterocycles. The number of Topliss-reactive ketones (excluding diaryl/α,β-unsaturated/α-hetero) is 1. The molecule has 0 spiro atoms. The van der Waals surface area contributed by atoms with Gasteiger partial charge in [0.25, 0.3) is 0 Å². The summed E-state index contributed by atoms with van der Waals surface area (Å²) in [6, 6.07) is 9.28. The summed E-state index contributed by atoms with van der Waals surface area (Å²) in [6.45, 7) is 4.06. The Morgan fingerprint density at radius 3 is 2.52 bits per heavy atom. The van der Waals surface area contributed by atoms with Crippen LogP contribution in [0.1, 0.15) is 23.1 Å². The summed E-state index contributed by atoms with van der Waals surface area (Å²) < 4.78 is 16.7. The molecule has 2 N–H and O–H groups in total. The monoisotopic (exact) mass is 490 g/mol. The fourth-order valence-corrected chi connectivity index (χ4v) is 4.12. The minimum absolute atomic E-state index is 0. The van der Waals surface area contributed by atoms with Crippen molar-refractivity contribution in [2.45, 2.75) is 32.7 Å². The van der Waals surface area contributed by atoms with E-state index in [0.29, 0.717) is 17.9 Å². The number of hydrogen-bond acceptors (Lipinski definition) is 7. The summed E-state index contributed by atoms with van der Waals surface area (Å²) in [5, 5.41) is 4.04. The molecule has 0 amide bonds. The van der Waals surface area contributed by atoms with Gasteiger partial charge in [0.15, 0.2) is 11.5 Å². The molecule has 0 fully saturated rings. The molecular formula is C25H31ClN2O4S. The molecule has 3 aromatic rings. The summed E-state index contributed by atoms with van der Waals surface area (Å²) in [5.74, 6) is 2.95. The molecule has 0 radical (unpaired) electrons. The number of carbonyl (C=O) groups excluding carboxylic acids is 1. The Morgan fingerprint density at radius 2 is 1.85 bits per heavy atom. The molecule has 1 atom stereocenters. The van der Waals surface area contributed by atoms with Crippen LogP contribution in [-0.4, -0.2) is 43.2 Å². The van der Waals surface area contributed by atoms with E-state index < -0.39 is 6.04 Å². The van der Waals surface area contributed by atoms with E-state index in [4.69, 9.17) is 19.7 Å². The highest BCUT2D eigenvalue weighted by molar-refractivity contribution is 7.98. The number of aromatic nitrogens is 1. The van der Waals surface area contributed by atoms with Gasteiger partial charge < -0.3 is 19.7 Å². The smallest absolute Gasteiger partial charge is 0.174 e. The van der Waals surface area contributed by atoms with Crippen molar-refractivity contribution in [2.75, 3.05) is 26.2 Å². The van der Waals surface area contributed by atoms with Crippen LogP contribution in [0.5, 0.6) is 11.5 Å². The van der Waals surface area contributed by atoms with Crippen molar-refractivity contribution >= 4 is 30.0 Å². The van der Waals surface area contributed by atoms with Gasteiger partial charge in [0.1, 0.15) is 11.5 Å². The number of methoxy groups -OCH3 is 2. The zero-order chi connectivity index (χ0) is 23.3. The van der Waals surface area contributed by atoms with E-state index in [1.807, 2.05) is 44.4 Å². The first-order chi connectivity index (χ1) is 15.4. The molecule has 0 aliphatic heterocycles. The molecule has 178 valence electrons. The van der Waals surface area contributed by atoms with E-state index >= 15 is 0 Å². The molecule has 2 aromatic carbocycles. The zero-order valence-electron chi connectivity index (χ0n) is 19.6. The Kier molecular flexibility index (Phi) is 9.83. The lowest BCUT2D eigenvalue weighted by atomic mass is 9.95. The Morgan fingerprint density at radius 1 is 1.12 bits per heavy atom. The van der Waals surface area contributed by atoms with E-state index in [0.717, 1.165) is 44.9 Å². The van der Waals surface area contributed by atoms with Crippen LogP contribution < -0.4 is 15.2 Å². The van der Waals surface area contributed by atoms with E-state index in [1.54, 1.807) is 32.2 Å². The lowest BCUT2D eigenvalue weighted by molar-refractivity contribution is -0.119. The molecule has 3 rings (SSSR count). The SMILES string of the molecule is COc1ccc(-c2cnoc2-c2cc(C)c(C)c(OC)c2)cc1CC(=O)C(N)CCSC.Cl. The second kappa shape index (κ2) is 12.1. The highest BCUT2D eigenvalue weighted by Crippen LogP contribution is 2.37. The third kappa shape index (κ3) is 6.10. The number of halogens is 1. The summed E-state index contributed by atoms with van der Waals surface area (Å²) in [4.78, 5) is 12.7. The number of nitrogens with zero attached hydrogens (tertiary/aromatic N) is 1. The second-order valence-electron chi connectivity index (χ2n) is 7.75. The Balaban J connectivity index is 0.00000385. The van der Waals surface area contributed by atoms with Crippen molar-refractivity contribution < 1.29 is 18.8 Å². The predicted molar refractivity (Wildman–Crippen MR) is 137 cm³/mol. The predicted octanol–water partition coefficient (Wildman–Crippen LogP) is 5.26. The van der Waals surface area contributed by atoms with Crippen molar-refractivity contribution in [3.8, 4) is 33.9 Å².